The van der Waals surface area contributed by atoms with Gasteiger partial charge in [-0.3, -0.25) is 4.79 Å². The van der Waals surface area contributed by atoms with Crippen molar-refractivity contribution < 1.29 is 14.6 Å². The summed E-state index contributed by atoms with van der Waals surface area (Å²) in [5.41, 5.74) is 1.46. The van der Waals surface area contributed by atoms with Gasteiger partial charge in [0.2, 0.25) is 0 Å². The van der Waals surface area contributed by atoms with E-state index < -0.39 is 5.97 Å². The number of H-pyrrole nitrogens is 1. The summed E-state index contributed by atoms with van der Waals surface area (Å²) < 4.78 is 5.07. The number of carbonyl (C=O) groups is 1. The third kappa shape index (κ3) is 3.14. The van der Waals surface area contributed by atoms with E-state index in [9.17, 15) is 9.59 Å². The number of carboxylic acids is 1. The summed E-state index contributed by atoms with van der Waals surface area (Å²) in [7, 11) is 1.58. The number of hydrogen-bond acceptors (Lipinski definition) is 3. The van der Waals surface area contributed by atoms with Crippen LogP contribution in [-0.2, 0) is 4.79 Å². The Morgan fingerprint density at radius 2 is 1.90 bits per heavy atom. The molecule has 1 heterocycles. The largest absolute Gasteiger partial charge is 0.497 e. The van der Waals surface area contributed by atoms with Crippen molar-refractivity contribution in [1.29, 1.82) is 0 Å². The van der Waals surface area contributed by atoms with Crippen LogP contribution in [0.1, 0.15) is 5.56 Å². The number of aliphatic carboxylic acids is 1. The maximum absolute atomic E-state index is 11.8. The van der Waals surface area contributed by atoms with Gasteiger partial charge in [-0.2, -0.15) is 0 Å². The molecule has 5 nitrogen and oxygen atoms in total. The van der Waals surface area contributed by atoms with E-state index in [4.69, 9.17) is 9.84 Å². The molecule has 0 aliphatic rings. The van der Waals surface area contributed by atoms with E-state index >= 15 is 0 Å². The number of aromatic nitrogens is 1. The maximum Gasteiger partial charge on any atom is 0.328 e. The number of pyridine rings is 1. The first-order valence-corrected chi connectivity index (χ1v) is 5.89. The summed E-state index contributed by atoms with van der Waals surface area (Å²) in [6.45, 7) is 0. The van der Waals surface area contributed by atoms with E-state index in [1.807, 2.05) is 12.1 Å². The van der Waals surface area contributed by atoms with Crippen LogP contribution in [0.5, 0.6) is 5.75 Å². The number of hydrogen-bond donors (Lipinski definition) is 2. The van der Waals surface area contributed by atoms with Crippen LogP contribution in [0.25, 0.3) is 17.3 Å². The van der Waals surface area contributed by atoms with Crippen molar-refractivity contribution >= 4 is 12.0 Å². The Labute approximate surface area is 115 Å². The molecule has 0 aliphatic carbocycles. The molecule has 0 amide bonds. The smallest absolute Gasteiger partial charge is 0.328 e. The van der Waals surface area contributed by atoms with Gasteiger partial charge in [-0.25, -0.2) is 4.79 Å². The fourth-order valence-electron chi connectivity index (χ4n) is 1.72. The molecule has 0 saturated heterocycles. The Balaban J connectivity index is 2.32. The number of rotatable bonds is 4. The topological polar surface area (TPSA) is 79.4 Å². The molecular weight excluding hydrogens is 258 g/mol. The quantitative estimate of drug-likeness (QED) is 0.835. The molecule has 1 aromatic heterocycles. The molecule has 0 bridgehead atoms. The van der Waals surface area contributed by atoms with Gasteiger partial charge in [0.05, 0.1) is 7.11 Å². The number of methoxy groups -OCH3 is 1. The second kappa shape index (κ2) is 5.88. The van der Waals surface area contributed by atoms with Gasteiger partial charge in [-0.1, -0.05) is 0 Å². The lowest BCUT2D eigenvalue weighted by molar-refractivity contribution is -0.131. The molecule has 102 valence electrons. The number of benzene rings is 1. The highest BCUT2D eigenvalue weighted by atomic mass is 16.5. The predicted octanol–water partition coefficient (Wildman–Crippen LogP) is 2.15. The van der Waals surface area contributed by atoms with E-state index in [2.05, 4.69) is 4.98 Å². The molecule has 2 aromatic rings. The van der Waals surface area contributed by atoms with Crippen molar-refractivity contribution in [2.24, 2.45) is 0 Å². The minimum absolute atomic E-state index is 0.296. The first-order chi connectivity index (χ1) is 9.60. The third-order valence-corrected chi connectivity index (χ3v) is 2.75. The molecule has 0 unspecified atom stereocenters. The van der Waals surface area contributed by atoms with Crippen LogP contribution in [-0.4, -0.2) is 23.2 Å². The van der Waals surface area contributed by atoms with E-state index in [0.29, 0.717) is 11.3 Å². The van der Waals surface area contributed by atoms with Crippen LogP contribution in [0.15, 0.2) is 47.3 Å². The van der Waals surface area contributed by atoms with Gasteiger partial charge in [-0.15, -0.1) is 0 Å². The predicted molar refractivity (Wildman–Crippen MR) is 75.7 cm³/mol. The van der Waals surface area contributed by atoms with Crippen molar-refractivity contribution in [1.82, 2.24) is 4.98 Å². The Bertz CT molecular complexity index is 699. The zero-order valence-electron chi connectivity index (χ0n) is 10.8. The van der Waals surface area contributed by atoms with Crippen molar-refractivity contribution in [3.63, 3.8) is 0 Å². The first-order valence-electron chi connectivity index (χ1n) is 5.89. The number of carboxylic acid groups (broad SMARTS) is 1. The molecule has 0 spiro atoms. The second-order valence-corrected chi connectivity index (χ2v) is 4.06. The van der Waals surface area contributed by atoms with Gasteiger partial charge < -0.3 is 14.8 Å². The lowest BCUT2D eigenvalue weighted by Gasteiger charge is -2.04. The monoisotopic (exact) mass is 271 g/mol. The summed E-state index contributed by atoms with van der Waals surface area (Å²) in [6.07, 6.45) is 2.19. The maximum atomic E-state index is 11.8. The van der Waals surface area contributed by atoms with Gasteiger partial charge in [0.15, 0.2) is 0 Å². The lowest BCUT2D eigenvalue weighted by atomic mass is 10.1. The standard InChI is InChI=1S/C15H13NO4/c1-20-12-6-2-10(3-7-12)13-8-4-11(15(19)16-13)5-9-14(17)18/h2-9H,1H3,(H,16,19)(H,17,18)/b9-5+. The minimum Gasteiger partial charge on any atom is -0.497 e. The van der Waals surface area contributed by atoms with Gasteiger partial charge in [-0.05, 0) is 48.0 Å². The second-order valence-electron chi connectivity index (χ2n) is 4.06. The number of ether oxygens (including phenoxy) is 1. The Morgan fingerprint density at radius 3 is 2.45 bits per heavy atom. The zero-order valence-corrected chi connectivity index (χ0v) is 10.8. The summed E-state index contributed by atoms with van der Waals surface area (Å²) in [6, 6.07) is 10.6. The SMILES string of the molecule is COc1ccc(-c2ccc(/C=C/C(=O)O)c(=O)[nH]2)cc1. The number of nitrogens with one attached hydrogen (secondary N) is 1. The molecule has 1 aromatic carbocycles. The van der Waals surface area contributed by atoms with E-state index in [-0.39, 0.29) is 5.56 Å². The van der Waals surface area contributed by atoms with E-state index in [1.165, 1.54) is 6.08 Å². The molecule has 0 fully saturated rings. The van der Waals surface area contributed by atoms with Gasteiger partial charge in [0.25, 0.3) is 5.56 Å². The fourth-order valence-corrected chi connectivity index (χ4v) is 1.72. The lowest BCUT2D eigenvalue weighted by Crippen LogP contribution is -2.09. The average Bonchev–Trinajstić information content (AvgIpc) is 2.46. The van der Waals surface area contributed by atoms with Gasteiger partial charge in [0, 0.05) is 17.3 Å². The Kier molecular flexibility index (Phi) is 4.00. The summed E-state index contributed by atoms with van der Waals surface area (Å²) in [5, 5.41) is 8.54. The molecule has 20 heavy (non-hydrogen) atoms. The molecule has 2 rings (SSSR count). The molecule has 0 radical (unpaired) electrons. The zero-order chi connectivity index (χ0) is 14.5. The minimum atomic E-state index is -1.09. The van der Waals surface area contributed by atoms with Crippen LogP contribution in [0.3, 0.4) is 0 Å². The van der Waals surface area contributed by atoms with E-state index in [0.717, 1.165) is 17.4 Å². The molecular formula is C15H13NO4. The molecule has 0 aliphatic heterocycles. The average molecular weight is 271 g/mol. The molecule has 5 heteroatoms. The van der Waals surface area contributed by atoms with Crippen molar-refractivity contribution in [2.75, 3.05) is 7.11 Å². The number of aromatic amines is 1. The van der Waals surface area contributed by atoms with Crippen LogP contribution >= 0.6 is 0 Å². The van der Waals surface area contributed by atoms with Gasteiger partial charge in [0.1, 0.15) is 5.75 Å². The Morgan fingerprint density at radius 1 is 1.20 bits per heavy atom. The fraction of sp³-hybridized carbons (Fsp3) is 0.0667. The third-order valence-electron chi connectivity index (χ3n) is 2.75. The normalized spacial score (nSPS) is 10.7. The van der Waals surface area contributed by atoms with Crippen molar-refractivity contribution in [3.8, 4) is 17.0 Å². The van der Waals surface area contributed by atoms with E-state index in [1.54, 1.807) is 31.4 Å². The van der Waals surface area contributed by atoms with Crippen LogP contribution in [0, 0.1) is 0 Å². The highest BCUT2D eigenvalue weighted by Crippen LogP contribution is 2.19. The van der Waals surface area contributed by atoms with Crippen LogP contribution < -0.4 is 10.3 Å². The molecule has 0 atom stereocenters. The summed E-state index contributed by atoms with van der Waals surface area (Å²) >= 11 is 0. The molecule has 2 N–H and O–H groups in total. The highest BCUT2D eigenvalue weighted by molar-refractivity contribution is 5.85. The first kappa shape index (κ1) is 13.6. The van der Waals surface area contributed by atoms with Gasteiger partial charge >= 0.3 is 5.97 Å². The Hall–Kier alpha value is -2.82. The highest BCUT2D eigenvalue weighted by Gasteiger charge is 2.02. The van der Waals surface area contributed by atoms with Crippen molar-refractivity contribution in [3.05, 3.63) is 58.4 Å². The molecule has 0 saturated carbocycles. The summed E-state index contributed by atoms with van der Waals surface area (Å²) in [4.78, 5) is 25.0. The van der Waals surface area contributed by atoms with Crippen LogP contribution in [0.2, 0.25) is 0 Å². The van der Waals surface area contributed by atoms with Crippen LogP contribution in [0.4, 0.5) is 0 Å². The summed E-state index contributed by atoms with van der Waals surface area (Å²) in [5.74, 6) is -0.360. The van der Waals surface area contributed by atoms with Crippen molar-refractivity contribution in [2.45, 2.75) is 0 Å².